The summed E-state index contributed by atoms with van der Waals surface area (Å²) in [4.78, 5) is 28.9. The number of aliphatic carboxylic acids is 1. The predicted molar refractivity (Wildman–Crippen MR) is 72.0 cm³/mol. The topological polar surface area (TPSA) is 92.3 Å². The van der Waals surface area contributed by atoms with E-state index in [1.807, 2.05) is 24.3 Å². The summed E-state index contributed by atoms with van der Waals surface area (Å²) in [6.07, 6.45) is 1.45. The van der Waals surface area contributed by atoms with Crippen molar-refractivity contribution in [3.05, 3.63) is 57.8 Å². The number of nitrogens with one attached hydrogen (secondary N) is 1. The van der Waals surface area contributed by atoms with E-state index in [-0.39, 0.29) is 12.0 Å². The minimum Gasteiger partial charge on any atom is -0.497 e. The summed E-state index contributed by atoms with van der Waals surface area (Å²) >= 11 is 0. The van der Waals surface area contributed by atoms with Gasteiger partial charge in [-0.15, -0.1) is 0 Å². The third kappa shape index (κ3) is 3.44. The Bertz CT molecular complexity index is 662. The van der Waals surface area contributed by atoms with Crippen LogP contribution in [0.1, 0.15) is 17.0 Å². The standard InChI is InChI=1S/C14H14N2O4/c1-20-11-4-2-9(3-5-11)6-12-15-8-10(7-13(17)18)14(19)16-12/h2-5,8H,6-7H2,1H3,(H,17,18)(H,15,16,19). The van der Waals surface area contributed by atoms with Crippen LogP contribution in [0.5, 0.6) is 5.75 Å². The molecular formula is C14H14N2O4. The van der Waals surface area contributed by atoms with Crippen molar-refractivity contribution in [2.75, 3.05) is 7.11 Å². The molecule has 0 unspecified atom stereocenters. The zero-order valence-electron chi connectivity index (χ0n) is 10.9. The average Bonchev–Trinajstić information content (AvgIpc) is 2.42. The molecule has 2 N–H and O–H groups in total. The van der Waals surface area contributed by atoms with Crippen LogP contribution in [0.4, 0.5) is 0 Å². The van der Waals surface area contributed by atoms with Gasteiger partial charge in [-0.3, -0.25) is 9.59 Å². The van der Waals surface area contributed by atoms with Gasteiger partial charge in [0.25, 0.3) is 5.56 Å². The number of rotatable bonds is 5. The molecule has 0 spiro atoms. The lowest BCUT2D eigenvalue weighted by molar-refractivity contribution is -0.136. The highest BCUT2D eigenvalue weighted by atomic mass is 16.5. The first-order valence-corrected chi connectivity index (χ1v) is 6.00. The summed E-state index contributed by atoms with van der Waals surface area (Å²) in [5.41, 5.74) is 0.710. The summed E-state index contributed by atoms with van der Waals surface area (Å²) in [7, 11) is 1.59. The van der Waals surface area contributed by atoms with Crippen LogP contribution >= 0.6 is 0 Å². The summed E-state index contributed by atoms with van der Waals surface area (Å²) in [5.74, 6) is 0.196. The van der Waals surface area contributed by atoms with Crippen LogP contribution in [-0.4, -0.2) is 28.2 Å². The molecule has 0 saturated carbocycles. The maximum absolute atomic E-state index is 11.7. The molecule has 0 fully saturated rings. The molecule has 2 aromatic rings. The van der Waals surface area contributed by atoms with Gasteiger partial charge >= 0.3 is 5.97 Å². The molecule has 0 saturated heterocycles. The smallest absolute Gasteiger partial charge is 0.308 e. The second-order valence-corrected chi connectivity index (χ2v) is 4.28. The molecule has 0 amide bonds. The Morgan fingerprint density at radius 3 is 2.60 bits per heavy atom. The Balaban J connectivity index is 2.15. The van der Waals surface area contributed by atoms with E-state index in [2.05, 4.69) is 9.97 Å². The lowest BCUT2D eigenvalue weighted by atomic mass is 10.1. The van der Waals surface area contributed by atoms with Crippen molar-refractivity contribution in [1.82, 2.24) is 9.97 Å². The Kier molecular flexibility index (Phi) is 4.14. The van der Waals surface area contributed by atoms with Gasteiger partial charge in [0.15, 0.2) is 0 Å². The molecule has 104 valence electrons. The molecule has 6 nitrogen and oxygen atoms in total. The third-order valence-corrected chi connectivity index (χ3v) is 2.80. The summed E-state index contributed by atoms with van der Waals surface area (Å²) in [5, 5.41) is 8.65. The Morgan fingerprint density at radius 1 is 1.35 bits per heavy atom. The van der Waals surface area contributed by atoms with Gasteiger partial charge in [-0.25, -0.2) is 4.98 Å². The second-order valence-electron chi connectivity index (χ2n) is 4.28. The van der Waals surface area contributed by atoms with Crippen molar-refractivity contribution < 1.29 is 14.6 Å². The van der Waals surface area contributed by atoms with Crippen molar-refractivity contribution in [3.8, 4) is 5.75 Å². The zero-order valence-corrected chi connectivity index (χ0v) is 10.9. The van der Waals surface area contributed by atoms with Gasteiger partial charge in [-0.1, -0.05) is 12.1 Å². The van der Waals surface area contributed by atoms with E-state index in [4.69, 9.17) is 9.84 Å². The highest BCUT2D eigenvalue weighted by Gasteiger charge is 2.07. The monoisotopic (exact) mass is 274 g/mol. The number of nitrogens with zero attached hydrogens (tertiary/aromatic N) is 1. The molecule has 2 rings (SSSR count). The fourth-order valence-electron chi connectivity index (χ4n) is 1.77. The maximum Gasteiger partial charge on any atom is 0.308 e. The number of carboxylic acids is 1. The van der Waals surface area contributed by atoms with Crippen molar-refractivity contribution in [2.45, 2.75) is 12.8 Å². The average molecular weight is 274 g/mol. The van der Waals surface area contributed by atoms with Gasteiger partial charge in [-0.05, 0) is 17.7 Å². The number of methoxy groups -OCH3 is 1. The van der Waals surface area contributed by atoms with Gasteiger partial charge in [0.1, 0.15) is 11.6 Å². The minimum atomic E-state index is -1.06. The van der Waals surface area contributed by atoms with Gasteiger partial charge in [0, 0.05) is 18.2 Å². The number of ether oxygens (including phenoxy) is 1. The van der Waals surface area contributed by atoms with Crippen LogP contribution in [0.15, 0.2) is 35.3 Å². The van der Waals surface area contributed by atoms with Crippen LogP contribution < -0.4 is 10.3 Å². The molecular weight excluding hydrogens is 260 g/mol. The van der Waals surface area contributed by atoms with Gasteiger partial charge in [0.05, 0.1) is 13.5 Å². The number of carbonyl (C=O) groups is 1. The van der Waals surface area contributed by atoms with Crippen molar-refractivity contribution >= 4 is 5.97 Å². The number of benzene rings is 1. The highest BCUT2D eigenvalue weighted by molar-refractivity contribution is 5.69. The molecule has 1 aromatic carbocycles. The van der Waals surface area contributed by atoms with Crippen molar-refractivity contribution in [2.24, 2.45) is 0 Å². The van der Waals surface area contributed by atoms with E-state index < -0.39 is 11.5 Å². The maximum atomic E-state index is 11.7. The number of aromatic nitrogens is 2. The first-order valence-electron chi connectivity index (χ1n) is 6.00. The molecule has 6 heteroatoms. The number of H-pyrrole nitrogens is 1. The Labute approximate surface area is 115 Å². The molecule has 0 aliphatic carbocycles. The minimum absolute atomic E-state index is 0.149. The van der Waals surface area contributed by atoms with Crippen LogP contribution in [-0.2, 0) is 17.6 Å². The van der Waals surface area contributed by atoms with Crippen LogP contribution in [0.25, 0.3) is 0 Å². The van der Waals surface area contributed by atoms with E-state index in [0.29, 0.717) is 12.2 Å². The van der Waals surface area contributed by atoms with Gasteiger partial charge in [-0.2, -0.15) is 0 Å². The molecule has 0 radical (unpaired) electrons. The summed E-state index contributed by atoms with van der Waals surface area (Å²) in [6.45, 7) is 0. The summed E-state index contributed by atoms with van der Waals surface area (Å²) in [6, 6.07) is 7.41. The van der Waals surface area contributed by atoms with E-state index in [1.54, 1.807) is 7.11 Å². The molecule has 1 heterocycles. The molecule has 1 aromatic heterocycles. The third-order valence-electron chi connectivity index (χ3n) is 2.80. The van der Waals surface area contributed by atoms with Crippen molar-refractivity contribution in [3.63, 3.8) is 0 Å². The quantitative estimate of drug-likeness (QED) is 0.848. The van der Waals surface area contributed by atoms with E-state index in [9.17, 15) is 9.59 Å². The number of aromatic amines is 1. The zero-order chi connectivity index (χ0) is 14.5. The predicted octanol–water partition coefficient (Wildman–Crippen LogP) is 0.996. The van der Waals surface area contributed by atoms with Gasteiger partial charge in [0.2, 0.25) is 0 Å². The van der Waals surface area contributed by atoms with Crippen LogP contribution in [0.3, 0.4) is 0 Å². The lowest BCUT2D eigenvalue weighted by Gasteiger charge is -2.04. The van der Waals surface area contributed by atoms with E-state index >= 15 is 0 Å². The van der Waals surface area contributed by atoms with E-state index in [1.165, 1.54) is 6.20 Å². The number of carboxylic acid groups (broad SMARTS) is 1. The van der Waals surface area contributed by atoms with Crippen LogP contribution in [0, 0.1) is 0 Å². The summed E-state index contributed by atoms with van der Waals surface area (Å²) < 4.78 is 5.06. The lowest BCUT2D eigenvalue weighted by Crippen LogP contribution is -2.19. The largest absolute Gasteiger partial charge is 0.497 e. The molecule has 0 bridgehead atoms. The first-order chi connectivity index (χ1) is 9.58. The molecule has 0 atom stereocenters. The molecule has 0 aliphatic rings. The Hall–Kier alpha value is -2.63. The highest BCUT2D eigenvalue weighted by Crippen LogP contribution is 2.12. The second kappa shape index (κ2) is 6.01. The number of hydrogen-bond donors (Lipinski definition) is 2. The van der Waals surface area contributed by atoms with Crippen molar-refractivity contribution in [1.29, 1.82) is 0 Å². The van der Waals surface area contributed by atoms with E-state index in [0.717, 1.165) is 11.3 Å². The fraction of sp³-hybridized carbons (Fsp3) is 0.214. The Morgan fingerprint density at radius 2 is 2.05 bits per heavy atom. The fourth-order valence-corrected chi connectivity index (χ4v) is 1.77. The molecule has 0 aliphatic heterocycles. The molecule has 20 heavy (non-hydrogen) atoms. The first kappa shape index (κ1) is 13.8. The number of hydrogen-bond acceptors (Lipinski definition) is 4. The normalized spacial score (nSPS) is 10.2. The van der Waals surface area contributed by atoms with Crippen LogP contribution in [0.2, 0.25) is 0 Å². The SMILES string of the molecule is COc1ccc(Cc2ncc(CC(=O)O)c(=O)[nH]2)cc1. The van der Waals surface area contributed by atoms with Gasteiger partial charge < -0.3 is 14.8 Å².